The highest BCUT2D eigenvalue weighted by atomic mass is 35.5. The summed E-state index contributed by atoms with van der Waals surface area (Å²) in [6, 6.07) is 2.51. The minimum Gasteiger partial charge on any atom is -0.392 e. The Morgan fingerprint density at radius 3 is 2.44 bits per heavy atom. The number of hydrogen-bond donors (Lipinski definition) is 2. The van der Waals surface area contributed by atoms with Crippen LogP contribution in [-0.2, 0) is 10.0 Å². The number of aliphatic hydroxyl groups is 1. The van der Waals surface area contributed by atoms with Crippen molar-refractivity contribution in [3.63, 3.8) is 0 Å². The smallest absolute Gasteiger partial charge is 0.250 e. The van der Waals surface area contributed by atoms with E-state index in [0.29, 0.717) is 4.34 Å². The van der Waals surface area contributed by atoms with Gasteiger partial charge in [0.25, 0.3) is 0 Å². The second-order valence-corrected chi connectivity index (χ2v) is 7.99. The molecule has 1 aromatic heterocycles. The van der Waals surface area contributed by atoms with Gasteiger partial charge in [0.1, 0.15) is 4.21 Å². The fourth-order valence-corrected chi connectivity index (χ4v) is 4.54. The maximum atomic E-state index is 12.1. The van der Waals surface area contributed by atoms with Crippen LogP contribution in [0.5, 0.6) is 0 Å². The molecular weight excluding hydrogens is 294 g/mol. The van der Waals surface area contributed by atoms with Crippen LogP contribution in [0, 0.1) is 5.92 Å². The number of halogens is 1. The first kappa shape index (κ1) is 15.9. The topological polar surface area (TPSA) is 66.4 Å². The summed E-state index contributed by atoms with van der Waals surface area (Å²) in [6.07, 6.45) is 0.0358. The molecular formula is C11H18ClNO3S2. The van der Waals surface area contributed by atoms with Crippen molar-refractivity contribution in [1.29, 1.82) is 0 Å². The van der Waals surface area contributed by atoms with Crippen LogP contribution >= 0.6 is 22.9 Å². The van der Waals surface area contributed by atoms with Crippen LogP contribution in [0.2, 0.25) is 4.34 Å². The summed E-state index contributed by atoms with van der Waals surface area (Å²) in [5.74, 6) is 0.0511. The Morgan fingerprint density at radius 2 is 2.06 bits per heavy atom. The van der Waals surface area contributed by atoms with Crippen LogP contribution in [0.4, 0.5) is 0 Å². The van der Waals surface area contributed by atoms with E-state index < -0.39 is 22.2 Å². The molecule has 3 unspecified atom stereocenters. The van der Waals surface area contributed by atoms with Crippen molar-refractivity contribution < 1.29 is 13.5 Å². The number of hydrogen-bond acceptors (Lipinski definition) is 4. The molecule has 7 heteroatoms. The minimum absolute atomic E-state index is 0.0511. The average Bonchev–Trinajstić information content (AvgIpc) is 2.72. The fraction of sp³-hybridized carbons (Fsp3) is 0.636. The van der Waals surface area contributed by atoms with Gasteiger partial charge >= 0.3 is 0 Å². The van der Waals surface area contributed by atoms with Gasteiger partial charge in [-0.2, -0.15) is 0 Å². The Hall–Kier alpha value is -0.140. The molecule has 0 amide bonds. The second kappa shape index (κ2) is 6.34. The van der Waals surface area contributed by atoms with E-state index in [1.807, 2.05) is 13.8 Å². The van der Waals surface area contributed by atoms with Gasteiger partial charge in [-0.05, 0) is 25.0 Å². The second-order valence-electron chi connectivity index (χ2n) is 4.33. The molecule has 0 saturated carbocycles. The lowest BCUT2D eigenvalue weighted by Gasteiger charge is -2.26. The largest absolute Gasteiger partial charge is 0.392 e. The van der Waals surface area contributed by atoms with E-state index in [2.05, 4.69) is 4.72 Å². The molecule has 1 aromatic rings. The monoisotopic (exact) mass is 311 g/mol. The molecule has 3 atom stereocenters. The normalized spacial score (nSPS) is 17.4. The molecule has 0 bridgehead atoms. The number of sulfonamides is 1. The molecule has 0 saturated heterocycles. The quantitative estimate of drug-likeness (QED) is 0.848. The van der Waals surface area contributed by atoms with Crippen molar-refractivity contribution >= 4 is 33.0 Å². The third kappa shape index (κ3) is 3.93. The van der Waals surface area contributed by atoms with Gasteiger partial charge in [-0.15, -0.1) is 11.3 Å². The molecule has 0 spiro atoms. The first-order valence-electron chi connectivity index (χ1n) is 5.73. The van der Waals surface area contributed by atoms with E-state index in [0.717, 1.165) is 17.8 Å². The van der Waals surface area contributed by atoms with Gasteiger partial charge < -0.3 is 5.11 Å². The van der Waals surface area contributed by atoms with E-state index in [1.54, 1.807) is 13.0 Å². The molecule has 2 N–H and O–H groups in total. The molecule has 18 heavy (non-hydrogen) atoms. The van der Waals surface area contributed by atoms with E-state index in [-0.39, 0.29) is 10.1 Å². The van der Waals surface area contributed by atoms with Gasteiger partial charge in [0.15, 0.2) is 0 Å². The molecule has 0 radical (unpaired) electrons. The minimum atomic E-state index is -3.61. The first-order chi connectivity index (χ1) is 8.27. The Labute approximate surface area is 117 Å². The maximum absolute atomic E-state index is 12.1. The Balaban J connectivity index is 2.93. The van der Waals surface area contributed by atoms with Crippen LogP contribution in [0.1, 0.15) is 27.2 Å². The standard InChI is InChI=1S/C11H18ClNO3S2/c1-4-7(2)11(8(3)14)13-18(15,16)10-6-5-9(12)17-10/h5-8,11,13-14H,4H2,1-3H3. The average molecular weight is 312 g/mol. The zero-order valence-electron chi connectivity index (χ0n) is 10.6. The van der Waals surface area contributed by atoms with Crippen LogP contribution in [0.25, 0.3) is 0 Å². The van der Waals surface area contributed by atoms with Gasteiger partial charge in [0, 0.05) is 0 Å². The molecule has 0 aliphatic rings. The predicted octanol–water partition coefficient (Wildman–Crippen LogP) is 2.48. The Kier molecular flexibility index (Phi) is 5.61. The van der Waals surface area contributed by atoms with Crippen molar-refractivity contribution in [2.45, 2.75) is 43.5 Å². The van der Waals surface area contributed by atoms with E-state index in [4.69, 9.17) is 11.6 Å². The molecule has 1 heterocycles. The van der Waals surface area contributed by atoms with Gasteiger partial charge in [-0.1, -0.05) is 31.9 Å². The zero-order chi connectivity index (χ0) is 13.9. The lowest BCUT2D eigenvalue weighted by molar-refractivity contribution is 0.128. The summed E-state index contributed by atoms with van der Waals surface area (Å²) in [5, 5.41) is 9.68. The van der Waals surface area contributed by atoms with Gasteiger partial charge in [-0.25, -0.2) is 13.1 Å². The summed E-state index contributed by atoms with van der Waals surface area (Å²) < 4.78 is 27.4. The number of nitrogens with one attached hydrogen (secondary N) is 1. The van der Waals surface area contributed by atoms with E-state index in [9.17, 15) is 13.5 Å². The van der Waals surface area contributed by atoms with Crippen LogP contribution in [0.3, 0.4) is 0 Å². The third-order valence-corrected chi connectivity index (χ3v) is 6.06. The fourth-order valence-electron chi connectivity index (χ4n) is 1.62. The molecule has 1 rings (SSSR count). The van der Waals surface area contributed by atoms with Gasteiger partial charge in [0.05, 0.1) is 16.5 Å². The highest BCUT2D eigenvalue weighted by molar-refractivity contribution is 7.91. The SMILES string of the molecule is CCC(C)C(NS(=O)(=O)c1ccc(Cl)s1)C(C)O. The Morgan fingerprint density at radius 1 is 1.44 bits per heavy atom. The summed E-state index contributed by atoms with van der Waals surface area (Å²) >= 11 is 6.73. The van der Waals surface area contributed by atoms with Crippen molar-refractivity contribution in [2.75, 3.05) is 0 Å². The highest BCUT2D eigenvalue weighted by Gasteiger charge is 2.28. The maximum Gasteiger partial charge on any atom is 0.250 e. The molecule has 104 valence electrons. The summed E-state index contributed by atoms with van der Waals surface area (Å²) in [4.78, 5) is 0. The van der Waals surface area contributed by atoms with Crippen molar-refractivity contribution in [1.82, 2.24) is 4.72 Å². The summed E-state index contributed by atoms with van der Waals surface area (Å²) in [6.45, 7) is 5.44. The third-order valence-electron chi connectivity index (χ3n) is 2.88. The van der Waals surface area contributed by atoms with E-state index in [1.165, 1.54) is 6.07 Å². The number of rotatable bonds is 6. The molecule has 4 nitrogen and oxygen atoms in total. The summed E-state index contributed by atoms with van der Waals surface area (Å²) in [5.41, 5.74) is 0. The molecule has 0 fully saturated rings. The number of thiophene rings is 1. The highest BCUT2D eigenvalue weighted by Crippen LogP contribution is 2.26. The Bertz CT molecular complexity index is 484. The van der Waals surface area contributed by atoms with Crippen molar-refractivity contribution in [2.24, 2.45) is 5.92 Å². The number of aliphatic hydroxyl groups excluding tert-OH is 1. The van der Waals surface area contributed by atoms with Gasteiger partial charge in [-0.3, -0.25) is 0 Å². The van der Waals surface area contributed by atoms with Crippen molar-refractivity contribution in [3.05, 3.63) is 16.5 Å². The van der Waals surface area contributed by atoms with E-state index >= 15 is 0 Å². The lowest BCUT2D eigenvalue weighted by Crippen LogP contribution is -2.45. The zero-order valence-corrected chi connectivity index (χ0v) is 12.9. The first-order valence-corrected chi connectivity index (χ1v) is 8.41. The summed E-state index contributed by atoms with van der Waals surface area (Å²) in [7, 11) is -3.61. The van der Waals surface area contributed by atoms with Crippen LogP contribution < -0.4 is 4.72 Å². The molecule has 0 aliphatic carbocycles. The van der Waals surface area contributed by atoms with Gasteiger partial charge in [0.2, 0.25) is 10.0 Å². The van der Waals surface area contributed by atoms with Crippen LogP contribution in [-0.4, -0.2) is 25.7 Å². The van der Waals surface area contributed by atoms with Crippen molar-refractivity contribution in [3.8, 4) is 0 Å². The van der Waals surface area contributed by atoms with Crippen LogP contribution in [0.15, 0.2) is 16.3 Å². The molecule has 0 aliphatic heterocycles. The molecule has 0 aromatic carbocycles. The lowest BCUT2D eigenvalue weighted by atomic mass is 9.96. The predicted molar refractivity (Wildman–Crippen MR) is 74.6 cm³/mol.